The average Bonchev–Trinajstić information content (AvgIpc) is 3.22. The molecule has 1 unspecified atom stereocenters. The largest absolute Gasteiger partial charge is 0.497 e. The van der Waals surface area contributed by atoms with E-state index in [1.807, 2.05) is 12.1 Å². The van der Waals surface area contributed by atoms with Gasteiger partial charge in [-0.3, -0.25) is 9.59 Å². The van der Waals surface area contributed by atoms with Gasteiger partial charge in [0.25, 0.3) is 5.91 Å². The van der Waals surface area contributed by atoms with E-state index in [1.54, 1.807) is 54.4 Å². The number of rotatable bonds is 5. The van der Waals surface area contributed by atoms with Crippen LogP contribution in [0.25, 0.3) is 11.1 Å². The van der Waals surface area contributed by atoms with Gasteiger partial charge in [0.15, 0.2) is 0 Å². The van der Waals surface area contributed by atoms with E-state index in [9.17, 15) is 9.59 Å². The third-order valence-corrected chi connectivity index (χ3v) is 4.76. The molecule has 0 radical (unpaired) electrons. The van der Waals surface area contributed by atoms with Crippen LogP contribution in [0.2, 0.25) is 5.02 Å². The number of aromatic nitrogens is 2. The molecule has 1 aliphatic rings. The van der Waals surface area contributed by atoms with Crippen LogP contribution in [-0.4, -0.2) is 28.7 Å². The number of carbonyl (C=O) groups excluding carboxylic acids is 2. The predicted octanol–water partition coefficient (Wildman–Crippen LogP) is 3.73. The number of nitrogens with zero attached hydrogens (tertiary/aromatic N) is 2. The lowest BCUT2D eigenvalue weighted by Crippen LogP contribution is -2.23. The molecule has 4 rings (SSSR count). The van der Waals surface area contributed by atoms with Gasteiger partial charge >= 0.3 is 0 Å². The standard InChI is InChI=1S/C20H17ClN4O3/c1-28-15-7-5-14(6-8-15)23-18(26)10-17-20(27)24-19-16(11-22-25(17)19)12-3-2-4-13(21)9-12/h2-9,11,17H,10H2,1H3,(H,23,26)(H,24,27). The van der Waals surface area contributed by atoms with Gasteiger partial charge in [0, 0.05) is 16.3 Å². The molecular weight excluding hydrogens is 380 g/mol. The molecule has 28 heavy (non-hydrogen) atoms. The summed E-state index contributed by atoms with van der Waals surface area (Å²) in [6.45, 7) is 0. The Hall–Kier alpha value is -3.32. The fourth-order valence-electron chi connectivity index (χ4n) is 3.14. The highest BCUT2D eigenvalue weighted by Crippen LogP contribution is 2.36. The first kappa shape index (κ1) is 18.1. The van der Waals surface area contributed by atoms with E-state index in [4.69, 9.17) is 16.3 Å². The number of carbonyl (C=O) groups is 2. The molecule has 0 bridgehead atoms. The van der Waals surface area contributed by atoms with E-state index in [0.29, 0.717) is 22.3 Å². The minimum Gasteiger partial charge on any atom is -0.497 e. The van der Waals surface area contributed by atoms with Crippen LogP contribution in [-0.2, 0) is 9.59 Å². The molecule has 7 nitrogen and oxygen atoms in total. The zero-order valence-electron chi connectivity index (χ0n) is 15.0. The molecule has 2 heterocycles. The van der Waals surface area contributed by atoms with Crippen molar-refractivity contribution >= 4 is 34.9 Å². The van der Waals surface area contributed by atoms with Crippen LogP contribution >= 0.6 is 11.6 Å². The van der Waals surface area contributed by atoms with Crippen LogP contribution in [0.15, 0.2) is 54.7 Å². The fourth-order valence-corrected chi connectivity index (χ4v) is 3.33. The van der Waals surface area contributed by atoms with Crippen LogP contribution in [0.5, 0.6) is 5.75 Å². The number of fused-ring (bicyclic) bond motifs is 1. The van der Waals surface area contributed by atoms with Crippen LogP contribution in [0.4, 0.5) is 11.5 Å². The first-order valence-electron chi connectivity index (χ1n) is 8.63. The fraction of sp³-hybridized carbons (Fsp3) is 0.150. The number of anilines is 2. The molecule has 1 aromatic heterocycles. The van der Waals surface area contributed by atoms with Gasteiger partial charge in [-0.25, -0.2) is 4.68 Å². The maximum Gasteiger partial charge on any atom is 0.251 e. The second-order valence-corrected chi connectivity index (χ2v) is 6.78. The molecule has 2 amide bonds. The first-order chi connectivity index (χ1) is 13.5. The minimum atomic E-state index is -0.707. The summed E-state index contributed by atoms with van der Waals surface area (Å²) in [5.41, 5.74) is 2.23. The quantitative estimate of drug-likeness (QED) is 0.688. The summed E-state index contributed by atoms with van der Waals surface area (Å²) in [5, 5.41) is 10.5. The SMILES string of the molecule is COc1ccc(NC(=O)CC2C(=O)Nc3c(-c4cccc(Cl)c4)cnn32)cc1. The van der Waals surface area contributed by atoms with Crippen molar-refractivity contribution in [2.75, 3.05) is 17.7 Å². The topological polar surface area (TPSA) is 85.2 Å². The van der Waals surface area contributed by atoms with Crippen LogP contribution < -0.4 is 15.4 Å². The average molecular weight is 397 g/mol. The molecule has 1 atom stereocenters. The summed E-state index contributed by atoms with van der Waals surface area (Å²) < 4.78 is 6.64. The Bertz CT molecular complexity index is 1050. The highest BCUT2D eigenvalue weighted by molar-refractivity contribution is 6.30. The Balaban J connectivity index is 1.51. The van der Waals surface area contributed by atoms with Gasteiger partial charge in [-0.15, -0.1) is 0 Å². The number of methoxy groups -OCH3 is 1. The number of benzene rings is 2. The maximum absolute atomic E-state index is 12.4. The Labute approximate surface area is 166 Å². The molecule has 0 spiro atoms. The van der Waals surface area contributed by atoms with Crippen LogP contribution in [0, 0.1) is 0 Å². The number of nitrogens with one attached hydrogen (secondary N) is 2. The zero-order chi connectivity index (χ0) is 19.7. The summed E-state index contributed by atoms with van der Waals surface area (Å²) in [4.78, 5) is 24.8. The molecule has 1 aliphatic heterocycles. The molecule has 0 saturated heterocycles. The molecule has 3 aromatic rings. The zero-order valence-corrected chi connectivity index (χ0v) is 15.7. The normalized spacial score (nSPS) is 15.1. The lowest BCUT2D eigenvalue weighted by atomic mass is 10.1. The lowest BCUT2D eigenvalue weighted by Gasteiger charge is -2.10. The van der Waals surface area contributed by atoms with Gasteiger partial charge < -0.3 is 15.4 Å². The first-order valence-corrected chi connectivity index (χ1v) is 9.01. The van der Waals surface area contributed by atoms with E-state index >= 15 is 0 Å². The molecule has 0 aliphatic carbocycles. The number of amides is 2. The van der Waals surface area contributed by atoms with Crippen molar-refractivity contribution in [2.24, 2.45) is 0 Å². The van der Waals surface area contributed by atoms with E-state index in [1.165, 1.54) is 0 Å². The smallest absolute Gasteiger partial charge is 0.251 e. The Kier molecular flexibility index (Phi) is 4.75. The van der Waals surface area contributed by atoms with E-state index in [-0.39, 0.29) is 18.2 Å². The van der Waals surface area contributed by atoms with E-state index in [0.717, 1.165) is 11.1 Å². The summed E-state index contributed by atoms with van der Waals surface area (Å²) >= 11 is 6.06. The second kappa shape index (κ2) is 7.36. The van der Waals surface area contributed by atoms with Crippen molar-refractivity contribution in [3.63, 3.8) is 0 Å². The van der Waals surface area contributed by atoms with Gasteiger partial charge in [-0.1, -0.05) is 23.7 Å². The van der Waals surface area contributed by atoms with Gasteiger partial charge in [0.05, 0.1) is 19.7 Å². The number of hydrogen-bond acceptors (Lipinski definition) is 4. The third kappa shape index (κ3) is 3.44. The van der Waals surface area contributed by atoms with Gasteiger partial charge in [-0.2, -0.15) is 5.10 Å². The Morgan fingerprint density at radius 1 is 1.29 bits per heavy atom. The van der Waals surface area contributed by atoms with E-state index < -0.39 is 6.04 Å². The molecule has 0 saturated carbocycles. The molecule has 0 fully saturated rings. The van der Waals surface area contributed by atoms with Crippen LogP contribution in [0.3, 0.4) is 0 Å². The number of hydrogen-bond donors (Lipinski definition) is 2. The van der Waals surface area contributed by atoms with Crippen molar-refractivity contribution in [1.82, 2.24) is 9.78 Å². The van der Waals surface area contributed by atoms with Crippen LogP contribution in [0.1, 0.15) is 12.5 Å². The number of ether oxygens (including phenoxy) is 1. The molecule has 8 heteroatoms. The van der Waals surface area contributed by atoms with Gasteiger partial charge in [0.1, 0.15) is 17.6 Å². The number of halogens is 1. The third-order valence-electron chi connectivity index (χ3n) is 4.52. The second-order valence-electron chi connectivity index (χ2n) is 6.35. The van der Waals surface area contributed by atoms with Gasteiger partial charge in [0.2, 0.25) is 5.91 Å². The van der Waals surface area contributed by atoms with Crippen molar-refractivity contribution in [2.45, 2.75) is 12.5 Å². The molecule has 2 aromatic carbocycles. The minimum absolute atomic E-state index is 0.0263. The highest BCUT2D eigenvalue weighted by Gasteiger charge is 2.35. The molecular formula is C20H17ClN4O3. The van der Waals surface area contributed by atoms with Crippen molar-refractivity contribution < 1.29 is 14.3 Å². The van der Waals surface area contributed by atoms with Crippen molar-refractivity contribution in [1.29, 1.82) is 0 Å². The Morgan fingerprint density at radius 3 is 2.79 bits per heavy atom. The summed E-state index contributed by atoms with van der Waals surface area (Å²) in [7, 11) is 1.58. The lowest BCUT2D eigenvalue weighted by molar-refractivity contribution is -0.123. The van der Waals surface area contributed by atoms with Crippen molar-refractivity contribution in [3.05, 3.63) is 59.8 Å². The monoisotopic (exact) mass is 396 g/mol. The van der Waals surface area contributed by atoms with Crippen molar-refractivity contribution in [3.8, 4) is 16.9 Å². The summed E-state index contributed by atoms with van der Waals surface area (Å²) in [5.74, 6) is 0.714. The Morgan fingerprint density at radius 2 is 2.07 bits per heavy atom. The molecule has 142 valence electrons. The van der Waals surface area contributed by atoms with Gasteiger partial charge in [-0.05, 0) is 42.0 Å². The predicted molar refractivity (Wildman–Crippen MR) is 107 cm³/mol. The summed E-state index contributed by atoms with van der Waals surface area (Å²) in [6, 6.07) is 13.6. The maximum atomic E-state index is 12.4. The van der Waals surface area contributed by atoms with E-state index in [2.05, 4.69) is 15.7 Å². The molecule has 2 N–H and O–H groups in total. The summed E-state index contributed by atoms with van der Waals surface area (Å²) in [6.07, 6.45) is 1.64. The highest BCUT2D eigenvalue weighted by atomic mass is 35.5.